The number of carbonyl (C=O) groups excluding carboxylic acids is 1. The molecule has 2 aliphatic heterocycles. The summed E-state index contributed by atoms with van der Waals surface area (Å²) in [6, 6.07) is 12.2. The molecule has 2 saturated heterocycles. The standard InChI is InChI=1S/C24H23ClF3N3O2/c25-21-4-2-1-3-19(21)22(33)31-13-17(14-32)23(15-31)7-9-30(10-8-23)18-6-5-16(12-29)20(11-18)24(26,27)28/h1-6,11,17,32H,7-10,13-15H2. The number of nitrogens with zero attached hydrogens (tertiary/aromatic N) is 3. The highest BCUT2D eigenvalue weighted by Gasteiger charge is 2.49. The lowest BCUT2D eigenvalue weighted by molar-refractivity contribution is -0.137. The molecule has 2 aromatic carbocycles. The second-order valence-electron chi connectivity index (χ2n) is 8.73. The molecule has 2 heterocycles. The van der Waals surface area contributed by atoms with Crippen molar-refractivity contribution in [1.82, 2.24) is 4.90 Å². The van der Waals surface area contributed by atoms with Crippen molar-refractivity contribution < 1.29 is 23.1 Å². The molecule has 2 aliphatic rings. The van der Waals surface area contributed by atoms with Crippen LogP contribution in [-0.4, -0.2) is 48.7 Å². The van der Waals surface area contributed by atoms with E-state index in [1.807, 2.05) is 4.90 Å². The van der Waals surface area contributed by atoms with Crippen LogP contribution in [0.5, 0.6) is 0 Å². The Bertz CT molecular complexity index is 1090. The highest BCUT2D eigenvalue weighted by atomic mass is 35.5. The second-order valence-corrected chi connectivity index (χ2v) is 9.14. The van der Waals surface area contributed by atoms with Crippen molar-refractivity contribution in [3.8, 4) is 6.07 Å². The molecule has 1 N–H and O–H groups in total. The lowest BCUT2D eigenvalue weighted by Gasteiger charge is -2.43. The SMILES string of the molecule is N#Cc1ccc(N2CCC3(CC2)CN(C(=O)c2ccccc2Cl)CC3CO)cc1C(F)(F)F. The second kappa shape index (κ2) is 8.88. The number of likely N-dealkylation sites (tertiary alicyclic amines) is 1. The number of rotatable bonds is 3. The predicted octanol–water partition coefficient (Wildman–Crippen LogP) is 4.58. The Labute approximate surface area is 195 Å². The number of hydrogen-bond acceptors (Lipinski definition) is 4. The molecule has 1 unspecified atom stereocenters. The maximum Gasteiger partial charge on any atom is 0.417 e. The van der Waals surface area contributed by atoms with Crippen molar-refractivity contribution in [2.75, 3.05) is 37.7 Å². The molecular formula is C24H23ClF3N3O2. The quantitative estimate of drug-likeness (QED) is 0.702. The smallest absolute Gasteiger partial charge is 0.396 e. The summed E-state index contributed by atoms with van der Waals surface area (Å²) >= 11 is 6.19. The molecule has 2 aromatic rings. The van der Waals surface area contributed by atoms with E-state index in [2.05, 4.69) is 0 Å². The lowest BCUT2D eigenvalue weighted by atomic mass is 9.71. The Morgan fingerprint density at radius 1 is 1.21 bits per heavy atom. The summed E-state index contributed by atoms with van der Waals surface area (Å²) in [6.45, 7) is 1.80. The van der Waals surface area contributed by atoms with Crippen LogP contribution in [0.25, 0.3) is 0 Å². The zero-order valence-electron chi connectivity index (χ0n) is 17.8. The zero-order valence-corrected chi connectivity index (χ0v) is 18.5. The summed E-state index contributed by atoms with van der Waals surface area (Å²) in [5, 5.41) is 19.4. The number of piperidine rings is 1. The van der Waals surface area contributed by atoms with Crippen LogP contribution in [0, 0.1) is 22.7 Å². The maximum absolute atomic E-state index is 13.4. The molecule has 174 valence electrons. The summed E-state index contributed by atoms with van der Waals surface area (Å²) in [7, 11) is 0. The molecule has 0 bridgehead atoms. The average Bonchev–Trinajstić information content (AvgIpc) is 3.16. The van der Waals surface area contributed by atoms with Crippen molar-refractivity contribution >= 4 is 23.2 Å². The first-order valence-electron chi connectivity index (χ1n) is 10.7. The van der Waals surface area contributed by atoms with E-state index in [9.17, 15) is 23.1 Å². The minimum atomic E-state index is -4.61. The summed E-state index contributed by atoms with van der Waals surface area (Å²) in [5.41, 5.74) is -0.805. The summed E-state index contributed by atoms with van der Waals surface area (Å²) in [4.78, 5) is 16.6. The first-order valence-corrected chi connectivity index (χ1v) is 11.1. The van der Waals surface area contributed by atoms with E-state index in [-0.39, 0.29) is 23.8 Å². The van der Waals surface area contributed by atoms with Crippen LogP contribution in [0.3, 0.4) is 0 Å². The van der Waals surface area contributed by atoms with Crippen LogP contribution in [0.15, 0.2) is 42.5 Å². The van der Waals surface area contributed by atoms with Gasteiger partial charge in [0.2, 0.25) is 0 Å². The van der Waals surface area contributed by atoms with Crippen molar-refractivity contribution in [2.24, 2.45) is 11.3 Å². The van der Waals surface area contributed by atoms with Crippen LogP contribution >= 0.6 is 11.6 Å². The van der Waals surface area contributed by atoms with Crippen LogP contribution in [0.2, 0.25) is 5.02 Å². The molecule has 4 rings (SSSR count). The number of aliphatic hydroxyl groups excluding tert-OH is 1. The van der Waals surface area contributed by atoms with E-state index >= 15 is 0 Å². The van der Waals surface area contributed by atoms with E-state index in [0.717, 1.165) is 6.07 Å². The third kappa shape index (κ3) is 4.40. The summed E-state index contributed by atoms with van der Waals surface area (Å²) in [5.74, 6) is -0.293. The molecule has 1 atom stereocenters. The molecule has 0 aliphatic carbocycles. The lowest BCUT2D eigenvalue weighted by Crippen LogP contribution is -2.45. The van der Waals surface area contributed by atoms with Crippen LogP contribution in [-0.2, 0) is 6.18 Å². The number of nitriles is 1. The molecule has 1 amide bonds. The number of alkyl halides is 3. The monoisotopic (exact) mass is 477 g/mol. The van der Waals surface area contributed by atoms with Gasteiger partial charge in [-0.05, 0) is 48.6 Å². The fourth-order valence-corrected chi connectivity index (χ4v) is 5.30. The molecule has 5 nitrogen and oxygen atoms in total. The van der Waals surface area contributed by atoms with Crippen molar-refractivity contribution in [3.63, 3.8) is 0 Å². The fourth-order valence-electron chi connectivity index (χ4n) is 5.08. The predicted molar refractivity (Wildman–Crippen MR) is 118 cm³/mol. The van der Waals surface area contributed by atoms with Gasteiger partial charge in [0, 0.05) is 44.4 Å². The van der Waals surface area contributed by atoms with E-state index in [0.29, 0.717) is 55.3 Å². The number of anilines is 1. The number of amides is 1. The molecule has 33 heavy (non-hydrogen) atoms. The van der Waals surface area contributed by atoms with E-state index in [4.69, 9.17) is 16.9 Å². The number of benzene rings is 2. The van der Waals surface area contributed by atoms with Crippen molar-refractivity contribution in [3.05, 3.63) is 64.2 Å². The molecule has 2 fully saturated rings. The highest BCUT2D eigenvalue weighted by Crippen LogP contribution is 2.46. The van der Waals surface area contributed by atoms with Gasteiger partial charge < -0.3 is 14.9 Å². The summed E-state index contributed by atoms with van der Waals surface area (Å²) in [6.07, 6.45) is -3.34. The number of aliphatic hydroxyl groups is 1. The molecule has 0 saturated carbocycles. The van der Waals surface area contributed by atoms with E-state index in [1.54, 1.807) is 35.2 Å². The van der Waals surface area contributed by atoms with Gasteiger partial charge in [-0.2, -0.15) is 18.4 Å². The Morgan fingerprint density at radius 2 is 1.91 bits per heavy atom. The van der Waals surface area contributed by atoms with Gasteiger partial charge in [0.25, 0.3) is 5.91 Å². The Morgan fingerprint density at radius 3 is 2.52 bits per heavy atom. The van der Waals surface area contributed by atoms with E-state index in [1.165, 1.54) is 12.1 Å². The molecule has 9 heteroatoms. The third-order valence-electron chi connectivity index (χ3n) is 6.98. The van der Waals surface area contributed by atoms with Crippen LogP contribution in [0.4, 0.5) is 18.9 Å². The summed E-state index contributed by atoms with van der Waals surface area (Å²) < 4.78 is 40.1. The van der Waals surface area contributed by atoms with Crippen molar-refractivity contribution in [1.29, 1.82) is 5.26 Å². The van der Waals surface area contributed by atoms with Crippen molar-refractivity contribution in [2.45, 2.75) is 19.0 Å². The first kappa shape index (κ1) is 23.4. The largest absolute Gasteiger partial charge is 0.417 e. The van der Waals surface area contributed by atoms with E-state index < -0.39 is 17.3 Å². The third-order valence-corrected chi connectivity index (χ3v) is 7.31. The van der Waals surface area contributed by atoms with Gasteiger partial charge in [0.1, 0.15) is 0 Å². The van der Waals surface area contributed by atoms with Gasteiger partial charge in [0.15, 0.2) is 0 Å². The highest BCUT2D eigenvalue weighted by molar-refractivity contribution is 6.33. The Hall–Kier alpha value is -2.76. The van der Waals surface area contributed by atoms with Gasteiger partial charge >= 0.3 is 6.18 Å². The first-order chi connectivity index (χ1) is 15.7. The molecule has 0 aromatic heterocycles. The normalized spacial score (nSPS) is 20.2. The van der Waals surface area contributed by atoms with Gasteiger partial charge in [-0.25, -0.2) is 0 Å². The van der Waals surface area contributed by atoms with Crippen LogP contribution in [0.1, 0.15) is 34.3 Å². The number of hydrogen-bond donors (Lipinski definition) is 1. The molecule has 0 radical (unpaired) electrons. The molecular weight excluding hydrogens is 455 g/mol. The topological polar surface area (TPSA) is 67.6 Å². The number of halogens is 4. The van der Waals surface area contributed by atoms with Gasteiger partial charge in [0.05, 0.1) is 27.8 Å². The van der Waals surface area contributed by atoms with Gasteiger partial charge in [-0.1, -0.05) is 23.7 Å². The minimum Gasteiger partial charge on any atom is -0.396 e. The number of carbonyl (C=O) groups is 1. The zero-order chi connectivity index (χ0) is 23.8. The van der Waals surface area contributed by atoms with Gasteiger partial charge in [-0.15, -0.1) is 0 Å². The molecule has 1 spiro atoms. The average molecular weight is 478 g/mol. The minimum absolute atomic E-state index is 0.0681. The van der Waals surface area contributed by atoms with Crippen LogP contribution < -0.4 is 4.90 Å². The maximum atomic E-state index is 13.4. The van der Waals surface area contributed by atoms with Gasteiger partial charge in [-0.3, -0.25) is 4.79 Å². The Balaban J connectivity index is 1.51. The Kier molecular flexibility index (Phi) is 6.30. The fraction of sp³-hybridized carbons (Fsp3) is 0.417.